The van der Waals surface area contributed by atoms with E-state index in [9.17, 15) is 19.7 Å². The number of benzene rings is 2. The average molecular weight is 423 g/mol. The highest BCUT2D eigenvalue weighted by Crippen LogP contribution is 2.35. The maximum Gasteiger partial charge on any atom is 0.345 e. The van der Waals surface area contributed by atoms with Gasteiger partial charge in [-0.3, -0.25) is 14.9 Å². The third-order valence-electron chi connectivity index (χ3n) is 3.95. The summed E-state index contributed by atoms with van der Waals surface area (Å²) in [5.41, 5.74) is 1.16. The van der Waals surface area contributed by atoms with Crippen LogP contribution in [0.5, 0.6) is 11.5 Å². The van der Waals surface area contributed by atoms with Crippen LogP contribution in [-0.2, 0) is 9.53 Å². The number of methoxy groups -OCH3 is 2. The van der Waals surface area contributed by atoms with Crippen LogP contribution in [0.3, 0.4) is 0 Å². The lowest BCUT2D eigenvalue weighted by Crippen LogP contribution is -2.22. The molecule has 0 saturated heterocycles. The Morgan fingerprint density at radius 1 is 1.10 bits per heavy atom. The summed E-state index contributed by atoms with van der Waals surface area (Å²) in [6, 6.07) is 5.69. The number of amides is 1. The van der Waals surface area contributed by atoms with Crippen LogP contribution in [0.4, 0.5) is 11.4 Å². The lowest BCUT2D eigenvalue weighted by atomic mass is 10.1. The fraction of sp³-hybridized carbons (Fsp3) is 0.263. The van der Waals surface area contributed by atoms with Gasteiger partial charge in [-0.1, -0.05) is 17.7 Å². The number of esters is 1. The molecule has 0 unspecified atom stereocenters. The molecule has 0 heterocycles. The molecular formula is C19H19ClN2O7. The van der Waals surface area contributed by atoms with Gasteiger partial charge < -0.3 is 19.5 Å². The smallest absolute Gasteiger partial charge is 0.345 e. The van der Waals surface area contributed by atoms with Gasteiger partial charge in [0.2, 0.25) is 0 Å². The molecule has 1 amide bonds. The predicted octanol–water partition coefficient (Wildman–Crippen LogP) is 3.68. The molecule has 29 heavy (non-hydrogen) atoms. The van der Waals surface area contributed by atoms with Crippen LogP contribution in [0.2, 0.25) is 5.02 Å². The first-order valence-electron chi connectivity index (χ1n) is 8.32. The summed E-state index contributed by atoms with van der Waals surface area (Å²) in [6.45, 7) is 2.98. The zero-order valence-corrected chi connectivity index (χ0v) is 17.0. The van der Waals surface area contributed by atoms with Crippen molar-refractivity contribution < 1.29 is 28.7 Å². The van der Waals surface area contributed by atoms with Crippen LogP contribution >= 0.6 is 11.6 Å². The standard InChI is InChI=1S/C19H19ClN2O7/c1-10-5-11(2)18(13(20)6-10)21-17(23)9-29-19(24)12-7-15(27-3)16(28-4)8-14(12)22(25)26/h5-8H,9H2,1-4H3,(H,21,23). The highest BCUT2D eigenvalue weighted by atomic mass is 35.5. The number of nitro groups is 1. The number of halogens is 1. The van der Waals surface area contributed by atoms with Crippen molar-refractivity contribution in [2.45, 2.75) is 13.8 Å². The first-order chi connectivity index (χ1) is 13.7. The molecule has 0 saturated carbocycles. The number of carbonyl (C=O) groups excluding carboxylic acids is 2. The Kier molecular flexibility index (Phi) is 7.00. The van der Waals surface area contributed by atoms with Gasteiger partial charge in [0.05, 0.1) is 35.9 Å². The van der Waals surface area contributed by atoms with Gasteiger partial charge >= 0.3 is 5.97 Å². The SMILES string of the molecule is COc1cc(C(=O)OCC(=O)Nc2c(C)cc(C)cc2Cl)c([N+](=O)[O-])cc1OC. The minimum absolute atomic E-state index is 0.0815. The molecule has 0 fully saturated rings. The Bertz CT molecular complexity index is 952. The molecular weight excluding hydrogens is 404 g/mol. The number of aryl methyl sites for hydroxylation is 2. The van der Waals surface area contributed by atoms with Crippen molar-refractivity contribution in [3.8, 4) is 11.5 Å². The van der Waals surface area contributed by atoms with Crippen LogP contribution in [0.25, 0.3) is 0 Å². The van der Waals surface area contributed by atoms with E-state index in [-0.39, 0.29) is 17.1 Å². The van der Waals surface area contributed by atoms with Crippen molar-refractivity contribution in [2.75, 3.05) is 26.1 Å². The second-order valence-corrected chi connectivity index (χ2v) is 6.45. The minimum atomic E-state index is -1.06. The first kappa shape index (κ1) is 22.0. The largest absolute Gasteiger partial charge is 0.493 e. The maximum absolute atomic E-state index is 12.3. The number of anilines is 1. The van der Waals surface area contributed by atoms with E-state index in [1.165, 1.54) is 14.2 Å². The number of nitro benzene ring substituents is 1. The summed E-state index contributed by atoms with van der Waals surface area (Å²) in [5.74, 6) is -1.51. The van der Waals surface area contributed by atoms with Gasteiger partial charge in [0.25, 0.3) is 11.6 Å². The molecule has 0 aliphatic heterocycles. The Balaban J connectivity index is 2.16. The summed E-state index contributed by atoms with van der Waals surface area (Å²) in [7, 11) is 2.63. The maximum atomic E-state index is 12.3. The second kappa shape index (κ2) is 9.24. The number of hydrogen-bond donors (Lipinski definition) is 1. The number of ether oxygens (including phenoxy) is 3. The van der Waals surface area contributed by atoms with Gasteiger partial charge in [0.15, 0.2) is 18.1 Å². The second-order valence-electron chi connectivity index (χ2n) is 6.04. The van der Waals surface area contributed by atoms with Gasteiger partial charge in [-0.25, -0.2) is 4.79 Å². The molecule has 0 radical (unpaired) electrons. The van der Waals surface area contributed by atoms with Crippen LogP contribution in [-0.4, -0.2) is 37.6 Å². The molecule has 0 aliphatic carbocycles. The molecule has 10 heteroatoms. The van der Waals surface area contributed by atoms with Crippen molar-refractivity contribution in [1.29, 1.82) is 0 Å². The van der Waals surface area contributed by atoms with E-state index in [4.69, 9.17) is 25.8 Å². The topological polar surface area (TPSA) is 117 Å². The summed E-state index contributed by atoms with van der Waals surface area (Å²) < 4.78 is 15.0. The van der Waals surface area contributed by atoms with Crippen LogP contribution in [0.1, 0.15) is 21.5 Å². The van der Waals surface area contributed by atoms with Crippen molar-refractivity contribution >= 4 is 34.9 Å². The summed E-state index contributed by atoms with van der Waals surface area (Å²) in [4.78, 5) is 35.0. The van der Waals surface area contributed by atoms with E-state index < -0.39 is 29.1 Å². The van der Waals surface area contributed by atoms with Gasteiger partial charge in [-0.05, 0) is 31.0 Å². The molecule has 0 bridgehead atoms. The van der Waals surface area contributed by atoms with E-state index in [1.807, 2.05) is 13.0 Å². The lowest BCUT2D eigenvalue weighted by molar-refractivity contribution is -0.385. The Hall–Kier alpha value is -3.33. The molecule has 0 atom stereocenters. The number of rotatable bonds is 7. The van der Waals surface area contributed by atoms with Gasteiger partial charge in [0, 0.05) is 6.07 Å². The Morgan fingerprint density at radius 3 is 2.28 bits per heavy atom. The minimum Gasteiger partial charge on any atom is -0.493 e. The fourth-order valence-electron chi connectivity index (χ4n) is 2.64. The molecule has 2 aromatic rings. The number of carbonyl (C=O) groups is 2. The van der Waals surface area contributed by atoms with Gasteiger partial charge in [0.1, 0.15) is 5.56 Å². The Labute approximate surface area is 171 Å². The van der Waals surface area contributed by atoms with E-state index >= 15 is 0 Å². The molecule has 154 valence electrons. The number of nitrogens with one attached hydrogen (secondary N) is 1. The molecule has 9 nitrogen and oxygen atoms in total. The van der Waals surface area contributed by atoms with Crippen molar-refractivity contribution in [3.05, 3.63) is 56.1 Å². The zero-order chi connectivity index (χ0) is 21.7. The average Bonchev–Trinajstić information content (AvgIpc) is 2.67. The summed E-state index contributed by atoms with van der Waals surface area (Å²) in [5, 5.41) is 14.2. The molecule has 2 aromatic carbocycles. The quantitative estimate of drug-likeness (QED) is 0.411. The third-order valence-corrected chi connectivity index (χ3v) is 4.25. The Morgan fingerprint density at radius 2 is 1.72 bits per heavy atom. The highest BCUT2D eigenvalue weighted by Gasteiger charge is 2.26. The van der Waals surface area contributed by atoms with E-state index in [2.05, 4.69) is 5.32 Å². The zero-order valence-electron chi connectivity index (χ0n) is 16.2. The van der Waals surface area contributed by atoms with Crippen LogP contribution < -0.4 is 14.8 Å². The molecule has 2 rings (SSSR count). The highest BCUT2D eigenvalue weighted by molar-refractivity contribution is 6.34. The van der Waals surface area contributed by atoms with Crippen LogP contribution in [0.15, 0.2) is 24.3 Å². The predicted molar refractivity (Wildman–Crippen MR) is 106 cm³/mol. The van der Waals surface area contributed by atoms with Crippen molar-refractivity contribution in [1.82, 2.24) is 0 Å². The van der Waals surface area contributed by atoms with Crippen molar-refractivity contribution in [3.63, 3.8) is 0 Å². The first-order valence-corrected chi connectivity index (χ1v) is 8.69. The number of nitrogens with zero attached hydrogens (tertiary/aromatic N) is 1. The van der Waals surface area contributed by atoms with Crippen molar-refractivity contribution in [2.24, 2.45) is 0 Å². The molecule has 1 N–H and O–H groups in total. The monoisotopic (exact) mass is 422 g/mol. The summed E-state index contributed by atoms with van der Waals surface area (Å²) in [6.07, 6.45) is 0. The number of hydrogen-bond acceptors (Lipinski definition) is 7. The van der Waals surface area contributed by atoms with Gasteiger partial charge in [-0.2, -0.15) is 0 Å². The van der Waals surface area contributed by atoms with E-state index in [0.717, 1.165) is 23.3 Å². The molecule has 0 spiro atoms. The van der Waals surface area contributed by atoms with Crippen LogP contribution in [0, 0.1) is 24.0 Å². The lowest BCUT2D eigenvalue weighted by Gasteiger charge is -2.12. The third kappa shape index (κ3) is 5.14. The van der Waals surface area contributed by atoms with E-state index in [1.54, 1.807) is 13.0 Å². The van der Waals surface area contributed by atoms with Gasteiger partial charge in [-0.15, -0.1) is 0 Å². The normalized spacial score (nSPS) is 10.2. The summed E-state index contributed by atoms with van der Waals surface area (Å²) >= 11 is 6.13. The molecule has 0 aromatic heterocycles. The van der Waals surface area contributed by atoms with E-state index in [0.29, 0.717) is 10.7 Å². The fourth-order valence-corrected chi connectivity index (χ4v) is 3.01. The molecule has 0 aliphatic rings.